The molecule has 7 nitrogen and oxygen atoms in total. The molecule has 0 aromatic heterocycles. The monoisotopic (exact) mass is 645 g/mol. The number of anilines is 1. The van der Waals surface area contributed by atoms with Gasteiger partial charge in [0.25, 0.3) is 0 Å². The standard InChI is InChI=1S/C12H10I3NO6/c13-7-5(11(19)20)8(14)10(9(15)6(7)12(21)22)16-4(18)2-1-3-17/h17H,1-3H2,(H,16,18)(H,19,20)(H,21,22). The molecule has 0 fully saturated rings. The zero-order chi connectivity index (χ0) is 17.0. The zero-order valence-corrected chi connectivity index (χ0v) is 17.3. The fraction of sp³-hybridized carbons (Fsp3) is 0.250. The molecule has 0 aliphatic rings. The fourth-order valence-corrected chi connectivity index (χ4v) is 5.95. The van der Waals surface area contributed by atoms with Gasteiger partial charge in [-0.3, -0.25) is 4.79 Å². The number of rotatable bonds is 6. The Morgan fingerprint density at radius 2 is 1.36 bits per heavy atom. The molecule has 0 atom stereocenters. The van der Waals surface area contributed by atoms with E-state index in [1.54, 1.807) is 67.8 Å². The van der Waals surface area contributed by atoms with Crippen LogP contribution in [-0.4, -0.2) is 39.8 Å². The molecule has 0 radical (unpaired) electrons. The Morgan fingerprint density at radius 3 is 1.73 bits per heavy atom. The number of amides is 1. The fourth-order valence-electron chi connectivity index (χ4n) is 1.59. The van der Waals surface area contributed by atoms with Crippen LogP contribution in [0.15, 0.2) is 0 Å². The molecular formula is C12H10I3NO6. The van der Waals surface area contributed by atoms with Gasteiger partial charge in [-0.25, -0.2) is 9.59 Å². The molecule has 0 bridgehead atoms. The lowest BCUT2D eigenvalue weighted by Crippen LogP contribution is -2.19. The molecule has 1 rings (SSSR count). The average molecular weight is 645 g/mol. The first-order valence-electron chi connectivity index (χ1n) is 5.80. The van der Waals surface area contributed by atoms with Crippen molar-refractivity contribution in [3.63, 3.8) is 0 Å². The number of carboxylic acids is 2. The van der Waals surface area contributed by atoms with Gasteiger partial charge in [0, 0.05) is 16.6 Å². The highest BCUT2D eigenvalue weighted by molar-refractivity contribution is 14.1. The maximum Gasteiger partial charge on any atom is 0.337 e. The van der Waals surface area contributed by atoms with Gasteiger partial charge in [-0.15, -0.1) is 0 Å². The first-order chi connectivity index (χ1) is 10.2. The Hall–Kier alpha value is -0.220. The Labute approximate surface area is 166 Å². The molecule has 10 heteroatoms. The summed E-state index contributed by atoms with van der Waals surface area (Å²) in [4.78, 5) is 34.6. The topological polar surface area (TPSA) is 124 Å². The number of hydrogen-bond acceptors (Lipinski definition) is 4. The number of hydrogen-bond donors (Lipinski definition) is 4. The molecule has 0 heterocycles. The Morgan fingerprint density at radius 1 is 0.909 bits per heavy atom. The minimum atomic E-state index is -1.27. The van der Waals surface area contributed by atoms with Crippen molar-refractivity contribution in [1.29, 1.82) is 0 Å². The normalized spacial score (nSPS) is 10.4. The van der Waals surface area contributed by atoms with E-state index in [4.69, 9.17) is 5.11 Å². The van der Waals surface area contributed by atoms with Crippen LogP contribution in [0.2, 0.25) is 0 Å². The van der Waals surface area contributed by atoms with E-state index >= 15 is 0 Å². The minimum absolute atomic E-state index is 0.0550. The first kappa shape index (κ1) is 19.8. The van der Waals surface area contributed by atoms with Crippen molar-refractivity contribution in [3.05, 3.63) is 21.8 Å². The van der Waals surface area contributed by atoms with E-state index in [-0.39, 0.29) is 47.0 Å². The summed E-state index contributed by atoms with van der Waals surface area (Å²) in [7, 11) is 0. The number of aliphatic hydroxyl groups is 1. The van der Waals surface area contributed by atoms with Crippen LogP contribution >= 0.6 is 67.8 Å². The van der Waals surface area contributed by atoms with Gasteiger partial charge in [0.05, 0.1) is 24.0 Å². The van der Waals surface area contributed by atoms with Crippen LogP contribution in [0.25, 0.3) is 0 Å². The number of carbonyl (C=O) groups excluding carboxylic acids is 1. The highest BCUT2D eigenvalue weighted by Gasteiger charge is 2.28. The average Bonchev–Trinajstić information content (AvgIpc) is 2.40. The van der Waals surface area contributed by atoms with Crippen molar-refractivity contribution < 1.29 is 29.7 Å². The van der Waals surface area contributed by atoms with E-state index in [9.17, 15) is 24.6 Å². The Bertz CT molecular complexity index is 605. The Kier molecular flexibility index (Phi) is 7.73. The predicted octanol–water partition coefficient (Wildman–Crippen LogP) is 2.61. The van der Waals surface area contributed by atoms with Crippen molar-refractivity contribution >= 4 is 91.3 Å². The number of carboxylic acid groups (broad SMARTS) is 2. The van der Waals surface area contributed by atoms with Crippen LogP contribution in [0.3, 0.4) is 0 Å². The first-order valence-corrected chi connectivity index (χ1v) is 9.03. The highest BCUT2D eigenvalue weighted by atomic mass is 127. The molecule has 120 valence electrons. The maximum absolute atomic E-state index is 11.8. The third-order valence-electron chi connectivity index (χ3n) is 2.57. The van der Waals surface area contributed by atoms with E-state index < -0.39 is 17.8 Å². The van der Waals surface area contributed by atoms with E-state index in [0.29, 0.717) is 0 Å². The van der Waals surface area contributed by atoms with Crippen molar-refractivity contribution in [1.82, 2.24) is 0 Å². The van der Waals surface area contributed by atoms with Crippen LogP contribution in [0.1, 0.15) is 33.6 Å². The molecule has 0 unspecified atom stereocenters. The molecule has 0 aliphatic carbocycles. The molecule has 1 aromatic carbocycles. The van der Waals surface area contributed by atoms with E-state index in [0.717, 1.165) is 0 Å². The largest absolute Gasteiger partial charge is 0.478 e. The number of nitrogens with one attached hydrogen (secondary N) is 1. The van der Waals surface area contributed by atoms with Gasteiger partial charge in [-0.1, -0.05) is 0 Å². The van der Waals surface area contributed by atoms with Crippen LogP contribution in [0.4, 0.5) is 5.69 Å². The number of carbonyl (C=O) groups is 3. The number of aromatic carboxylic acids is 2. The second kappa shape index (κ2) is 8.58. The lowest BCUT2D eigenvalue weighted by atomic mass is 10.1. The Balaban J connectivity index is 3.47. The SMILES string of the molecule is O=C(CCCO)Nc1c(I)c(C(=O)O)c(I)c(C(=O)O)c1I. The summed E-state index contributed by atoms with van der Waals surface area (Å²) in [6.45, 7) is -0.144. The molecule has 0 saturated carbocycles. The number of aliphatic hydroxyl groups excluding tert-OH is 1. The number of benzene rings is 1. The van der Waals surface area contributed by atoms with Gasteiger partial charge in [-0.05, 0) is 74.2 Å². The zero-order valence-electron chi connectivity index (χ0n) is 10.8. The molecule has 22 heavy (non-hydrogen) atoms. The van der Waals surface area contributed by atoms with Crippen LogP contribution in [0.5, 0.6) is 0 Å². The van der Waals surface area contributed by atoms with Crippen LogP contribution < -0.4 is 5.32 Å². The van der Waals surface area contributed by atoms with Crippen molar-refractivity contribution in [2.24, 2.45) is 0 Å². The third kappa shape index (κ3) is 4.41. The summed E-state index contributed by atoms with van der Waals surface area (Å²) in [6, 6.07) is 0. The van der Waals surface area contributed by atoms with Gasteiger partial charge >= 0.3 is 11.9 Å². The number of halogens is 3. The van der Waals surface area contributed by atoms with E-state index in [1.165, 1.54) is 0 Å². The van der Waals surface area contributed by atoms with E-state index in [1.807, 2.05) is 0 Å². The molecular weight excluding hydrogens is 635 g/mol. The molecule has 0 aliphatic heterocycles. The van der Waals surface area contributed by atoms with Gasteiger partial charge < -0.3 is 20.6 Å². The highest BCUT2D eigenvalue weighted by Crippen LogP contribution is 2.35. The summed E-state index contributed by atoms with van der Waals surface area (Å²) in [6.07, 6.45) is 0.320. The summed E-state index contributed by atoms with van der Waals surface area (Å²) in [5, 5.41) is 29.8. The third-order valence-corrected chi connectivity index (χ3v) is 5.81. The van der Waals surface area contributed by atoms with Gasteiger partial charge in [0.2, 0.25) is 5.91 Å². The lowest BCUT2D eigenvalue weighted by molar-refractivity contribution is -0.116. The van der Waals surface area contributed by atoms with Gasteiger partial charge in [-0.2, -0.15) is 0 Å². The molecule has 0 spiro atoms. The summed E-state index contributed by atoms with van der Waals surface area (Å²) >= 11 is 5.22. The molecule has 4 N–H and O–H groups in total. The molecule has 0 saturated heterocycles. The predicted molar refractivity (Wildman–Crippen MR) is 103 cm³/mol. The van der Waals surface area contributed by atoms with Gasteiger partial charge in [0.15, 0.2) is 0 Å². The minimum Gasteiger partial charge on any atom is -0.478 e. The summed E-state index contributed by atoms with van der Waals surface area (Å²) < 4.78 is 0.641. The van der Waals surface area contributed by atoms with Gasteiger partial charge in [0.1, 0.15) is 0 Å². The maximum atomic E-state index is 11.8. The molecule has 1 amide bonds. The van der Waals surface area contributed by atoms with Crippen molar-refractivity contribution in [3.8, 4) is 0 Å². The van der Waals surface area contributed by atoms with Crippen molar-refractivity contribution in [2.75, 3.05) is 11.9 Å². The lowest BCUT2D eigenvalue weighted by Gasteiger charge is -2.16. The van der Waals surface area contributed by atoms with E-state index in [2.05, 4.69) is 5.32 Å². The second-order valence-corrected chi connectivity index (χ2v) is 7.29. The molecule has 1 aromatic rings. The van der Waals surface area contributed by atoms with Crippen molar-refractivity contribution in [2.45, 2.75) is 12.8 Å². The second-order valence-electron chi connectivity index (χ2n) is 4.05. The summed E-state index contributed by atoms with van der Waals surface area (Å²) in [5.74, 6) is -2.95. The quantitative estimate of drug-likeness (QED) is 0.353. The summed E-state index contributed by atoms with van der Waals surface area (Å²) in [5.41, 5.74) is -0.146. The smallest absolute Gasteiger partial charge is 0.337 e. The van der Waals surface area contributed by atoms with Crippen LogP contribution in [0, 0.1) is 10.7 Å². The van der Waals surface area contributed by atoms with Crippen LogP contribution in [-0.2, 0) is 4.79 Å².